The van der Waals surface area contributed by atoms with Crippen LogP contribution < -0.4 is 15.4 Å². The number of ether oxygens (including phenoxy) is 1. The second kappa shape index (κ2) is 8.97. The lowest BCUT2D eigenvalue weighted by Gasteiger charge is -2.37. The summed E-state index contributed by atoms with van der Waals surface area (Å²) < 4.78 is 19.8. The highest BCUT2D eigenvalue weighted by Crippen LogP contribution is 2.24. The fourth-order valence-electron chi connectivity index (χ4n) is 4.26. The summed E-state index contributed by atoms with van der Waals surface area (Å²) >= 11 is 0. The van der Waals surface area contributed by atoms with Crippen molar-refractivity contribution in [3.05, 3.63) is 94.5 Å². The van der Waals surface area contributed by atoms with Gasteiger partial charge >= 0.3 is 5.97 Å². The highest BCUT2D eigenvalue weighted by molar-refractivity contribution is 5.94. The van der Waals surface area contributed by atoms with Crippen LogP contribution in [0.5, 0.6) is 0 Å². The number of anilines is 2. The molecule has 1 aromatic heterocycles. The molecule has 0 bridgehead atoms. The summed E-state index contributed by atoms with van der Waals surface area (Å²) in [6.45, 7) is 2.63. The van der Waals surface area contributed by atoms with Gasteiger partial charge < -0.3 is 14.5 Å². The molecule has 0 atom stereocenters. The monoisotopic (exact) mass is 458 g/mol. The molecule has 8 heteroatoms. The highest BCUT2D eigenvalue weighted by atomic mass is 19.1. The van der Waals surface area contributed by atoms with E-state index in [2.05, 4.69) is 9.80 Å². The first-order valence-corrected chi connectivity index (χ1v) is 11.0. The van der Waals surface area contributed by atoms with E-state index in [9.17, 15) is 14.0 Å². The summed E-state index contributed by atoms with van der Waals surface area (Å²) in [5.41, 5.74) is 2.25. The minimum atomic E-state index is -0.481. The molecule has 172 valence electrons. The second-order valence-corrected chi connectivity index (χ2v) is 8.06. The summed E-state index contributed by atoms with van der Waals surface area (Å²) in [5.74, 6) is -0.226. The zero-order valence-corrected chi connectivity index (χ0v) is 18.6. The van der Waals surface area contributed by atoms with Gasteiger partial charge in [0.25, 0.3) is 5.56 Å². The molecule has 0 spiro atoms. The number of carbonyl (C=O) groups is 1. The Labute approximate surface area is 195 Å². The van der Waals surface area contributed by atoms with Gasteiger partial charge in [-0.05, 0) is 54.6 Å². The van der Waals surface area contributed by atoms with Crippen LogP contribution in [0.1, 0.15) is 10.4 Å². The topological polar surface area (TPSA) is 67.7 Å². The molecule has 4 aromatic rings. The van der Waals surface area contributed by atoms with E-state index < -0.39 is 5.97 Å². The Kier molecular flexibility index (Phi) is 5.71. The minimum absolute atomic E-state index is 0.205. The molecule has 0 unspecified atom stereocenters. The van der Waals surface area contributed by atoms with Gasteiger partial charge in [-0.3, -0.25) is 4.79 Å². The first-order valence-electron chi connectivity index (χ1n) is 11.0. The molecular weight excluding hydrogens is 435 g/mol. The molecule has 3 aromatic carbocycles. The number of nitrogens with zero attached hydrogens (tertiary/aromatic N) is 4. The number of esters is 1. The number of benzene rings is 3. The van der Waals surface area contributed by atoms with Gasteiger partial charge in [-0.2, -0.15) is 0 Å². The third kappa shape index (κ3) is 3.98. The van der Waals surface area contributed by atoms with E-state index in [0.717, 1.165) is 11.4 Å². The van der Waals surface area contributed by atoms with Crippen LogP contribution in [0.15, 0.2) is 77.6 Å². The van der Waals surface area contributed by atoms with Crippen LogP contribution in [0.2, 0.25) is 0 Å². The molecule has 0 aliphatic carbocycles. The van der Waals surface area contributed by atoms with Crippen LogP contribution in [0.4, 0.5) is 16.0 Å². The lowest BCUT2D eigenvalue weighted by molar-refractivity contribution is 0.0601. The average Bonchev–Trinajstić information content (AvgIpc) is 2.89. The van der Waals surface area contributed by atoms with Crippen molar-refractivity contribution in [2.45, 2.75) is 0 Å². The first-order chi connectivity index (χ1) is 16.5. The number of para-hydroxylation sites is 1. The van der Waals surface area contributed by atoms with E-state index in [1.54, 1.807) is 34.9 Å². The third-order valence-corrected chi connectivity index (χ3v) is 6.04. The van der Waals surface area contributed by atoms with Gasteiger partial charge in [0, 0.05) is 31.9 Å². The average molecular weight is 458 g/mol. The molecular formula is C26H23FN4O3. The fraction of sp³-hybridized carbons (Fsp3) is 0.192. The van der Waals surface area contributed by atoms with Crippen LogP contribution in [0.25, 0.3) is 16.6 Å². The SMILES string of the molecule is COC(=O)c1ccc2c(=O)n(-c3ccccc3)c(N3CCN(c4ccc(F)cc4)CC3)nc2c1. The maximum absolute atomic E-state index is 13.6. The number of hydrogen-bond acceptors (Lipinski definition) is 6. The number of piperazine rings is 1. The Balaban J connectivity index is 1.56. The molecule has 0 saturated carbocycles. The Bertz CT molecular complexity index is 1400. The molecule has 7 nitrogen and oxygen atoms in total. The van der Waals surface area contributed by atoms with Gasteiger partial charge in [0.15, 0.2) is 0 Å². The van der Waals surface area contributed by atoms with E-state index >= 15 is 0 Å². The summed E-state index contributed by atoms with van der Waals surface area (Å²) in [6, 6.07) is 20.6. The molecule has 1 aliphatic heterocycles. The Hall–Kier alpha value is -4.20. The Morgan fingerprint density at radius 3 is 2.24 bits per heavy atom. The molecule has 0 amide bonds. The molecule has 0 N–H and O–H groups in total. The molecule has 1 fully saturated rings. The van der Waals surface area contributed by atoms with Crippen LogP contribution in [-0.4, -0.2) is 48.8 Å². The molecule has 1 aliphatic rings. The lowest BCUT2D eigenvalue weighted by Crippen LogP contribution is -2.48. The fourth-order valence-corrected chi connectivity index (χ4v) is 4.26. The third-order valence-electron chi connectivity index (χ3n) is 6.04. The second-order valence-electron chi connectivity index (χ2n) is 8.06. The van der Waals surface area contributed by atoms with Crippen molar-refractivity contribution in [2.24, 2.45) is 0 Å². The van der Waals surface area contributed by atoms with Gasteiger partial charge in [-0.25, -0.2) is 18.7 Å². The predicted molar refractivity (Wildman–Crippen MR) is 130 cm³/mol. The van der Waals surface area contributed by atoms with Gasteiger partial charge in [-0.15, -0.1) is 0 Å². The highest BCUT2D eigenvalue weighted by Gasteiger charge is 2.24. The lowest BCUT2D eigenvalue weighted by atomic mass is 10.1. The van der Waals surface area contributed by atoms with Crippen molar-refractivity contribution >= 4 is 28.5 Å². The zero-order valence-electron chi connectivity index (χ0n) is 18.6. The molecule has 0 radical (unpaired) electrons. The molecule has 1 saturated heterocycles. The van der Waals surface area contributed by atoms with Crippen molar-refractivity contribution in [3.8, 4) is 5.69 Å². The largest absolute Gasteiger partial charge is 0.465 e. The van der Waals surface area contributed by atoms with E-state index in [1.807, 2.05) is 30.3 Å². The Morgan fingerprint density at radius 2 is 1.56 bits per heavy atom. The van der Waals surface area contributed by atoms with E-state index in [1.165, 1.54) is 19.2 Å². The number of methoxy groups -OCH3 is 1. The normalized spacial score (nSPS) is 13.8. The van der Waals surface area contributed by atoms with Gasteiger partial charge in [0.1, 0.15) is 5.82 Å². The number of aromatic nitrogens is 2. The van der Waals surface area contributed by atoms with Crippen LogP contribution >= 0.6 is 0 Å². The van der Waals surface area contributed by atoms with E-state index in [0.29, 0.717) is 48.6 Å². The number of fused-ring (bicyclic) bond motifs is 1. The summed E-state index contributed by atoms with van der Waals surface area (Å²) in [7, 11) is 1.32. The predicted octanol–water partition coefficient (Wildman–Crippen LogP) is 3.64. The summed E-state index contributed by atoms with van der Waals surface area (Å²) in [6.07, 6.45) is 0. The number of hydrogen-bond donors (Lipinski definition) is 0. The van der Waals surface area contributed by atoms with Crippen molar-refractivity contribution < 1.29 is 13.9 Å². The first kappa shape index (κ1) is 21.6. The maximum atomic E-state index is 13.6. The number of halogens is 1. The molecule has 34 heavy (non-hydrogen) atoms. The van der Waals surface area contributed by atoms with Crippen molar-refractivity contribution in [1.82, 2.24) is 9.55 Å². The van der Waals surface area contributed by atoms with E-state index in [4.69, 9.17) is 9.72 Å². The van der Waals surface area contributed by atoms with E-state index in [-0.39, 0.29) is 11.4 Å². The van der Waals surface area contributed by atoms with Crippen molar-refractivity contribution in [3.63, 3.8) is 0 Å². The summed E-state index contributed by atoms with van der Waals surface area (Å²) in [4.78, 5) is 34.7. The number of rotatable bonds is 4. The standard InChI is InChI=1S/C26H23FN4O3/c1-34-25(33)18-7-12-22-23(17-18)28-26(31(24(22)32)21-5-3-2-4-6-21)30-15-13-29(14-16-30)20-10-8-19(27)9-11-20/h2-12,17H,13-16H2,1H3. The van der Waals surface area contributed by atoms with Crippen LogP contribution in [0.3, 0.4) is 0 Å². The van der Waals surface area contributed by atoms with Gasteiger partial charge in [0.2, 0.25) is 5.95 Å². The quantitative estimate of drug-likeness (QED) is 0.435. The smallest absolute Gasteiger partial charge is 0.337 e. The van der Waals surface area contributed by atoms with Gasteiger partial charge in [0.05, 0.1) is 29.3 Å². The van der Waals surface area contributed by atoms with Crippen molar-refractivity contribution in [1.29, 1.82) is 0 Å². The van der Waals surface area contributed by atoms with Gasteiger partial charge in [-0.1, -0.05) is 18.2 Å². The van der Waals surface area contributed by atoms with Crippen LogP contribution in [-0.2, 0) is 4.74 Å². The summed E-state index contributed by atoms with van der Waals surface area (Å²) in [5, 5.41) is 0.421. The molecule has 5 rings (SSSR count). The molecule has 2 heterocycles. The zero-order chi connectivity index (χ0) is 23.7. The maximum Gasteiger partial charge on any atom is 0.337 e. The number of carbonyl (C=O) groups excluding carboxylic acids is 1. The minimum Gasteiger partial charge on any atom is -0.465 e. The Morgan fingerprint density at radius 1 is 0.882 bits per heavy atom. The van der Waals surface area contributed by atoms with Crippen molar-refractivity contribution in [2.75, 3.05) is 43.1 Å². The van der Waals surface area contributed by atoms with Crippen LogP contribution in [0, 0.1) is 5.82 Å².